The highest BCUT2D eigenvalue weighted by atomic mass is 16.5. The largest absolute Gasteiger partial charge is 0.508 e. The van der Waals surface area contributed by atoms with E-state index in [-0.39, 0.29) is 17.7 Å². The zero-order chi connectivity index (χ0) is 17.5. The summed E-state index contributed by atoms with van der Waals surface area (Å²) in [7, 11) is 0. The summed E-state index contributed by atoms with van der Waals surface area (Å²) in [4.78, 5) is 35.1. The lowest BCUT2D eigenvalue weighted by atomic mass is 10.1. The van der Waals surface area contributed by atoms with Crippen molar-refractivity contribution in [1.82, 2.24) is 5.32 Å². The van der Waals surface area contributed by atoms with Gasteiger partial charge in [-0.1, -0.05) is 36.4 Å². The van der Waals surface area contributed by atoms with E-state index < -0.39 is 24.4 Å². The Kier molecular flexibility index (Phi) is 5.68. The summed E-state index contributed by atoms with van der Waals surface area (Å²) >= 11 is 0. The molecule has 0 aromatic heterocycles. The molecule has 0 radical (unpaired) electrons. The molecule has 2 rings (SSSR count). The Bertz CT molecular complexity index is 755. The number of hydrogen-bond donors (Lipinski definition) is 2. The van der Waals surface area contributed by atoms with Crippen LogP contribution in [-0.4, -0.2) is 29.5 Å². The molecule has 6 heteroatoms. The van der Waals surface area contributed by atoms with Crippen molar-refractivity contribution in [3.05, 3.63) is 65.2 Å². The first-order valence-electron chi connectivity index (χ1n) is 7.29. The average molecular weight is 327 g/mol. The first-order valence-corrected chi connectivity index (χ1v) is 7.29. The number of phenols is 1. The molecule has 0 bridgehead atoms. The minimum absolute atomic E-state index is 0.0352. The lowest BCUT2D eigenvalue weighted by molar-refractivity contribution is -0.132. The number of carbonyl (C=O) groups excluding carboxylic acids is 3. The third kappa shape index (κ3) is 4.95. The molecular weight excluding hydrogens is 310 g/mol. The number of esters is 1. The van der Waals surface area contributed by atoms with E-state index in [1.54, 1.807) is 37.3 Å². The summed E-state index contributed by atoms with van der Waals surface area (Å²) in [6.45, 7) is 1.12. The second kappa shape index (κ2) is 7.92. The third-order valence-electron chi connectivity index (χ3n) is 3.27. The number of nitrogens with one attached hydrogen (secondary N) is 1. The van der Waals surface area contributed by atoms with Crippen LogP contribution >= 0.6 is 0 Å². The molecule has 0 aliphatic heterocycles. The molecule has 0 saturated carbocycles. The van der Waals surface area contributed by atoms with Crippen molar-refractivity contribution in [1.29, 1.82) is 0 Å². The summed E-state index contributed by atoms with van der Waals surface area (Å²) < 4.78 is 4.82. The number of amides is 2. The molecule has 0 aliphatic rings. The molecule has 0 aliphatic carbocycles. The van der Waals surface area contributed by atoms with Crippen molar-refractivity contribution in [3.63, 3.8) is 0 Å². The van der Waals surface area contributed by atoms with Gasteiger partial charge < -0.3 is 9.84 Å². The van der Waals surface area contributed by atoms with Crippen LogP contribution in [0.1, 0.15) is 21.5 Å². The van der Waals surface area contributed by atoms with Crippen LogP contribution in [0.2, 0.25) is 0 Å². The van der Waals surface area contributed by atoms with Gasteiger partial charge in [0.1, 0.15) is 5.75 Å². The Balaban J connectivity index is 1.81. The lowest BCUT2D eigenvalue weighted by Crippen LogP contribution is -2.35. The molecule has 0 saturated heterocycles. The van der Waals surface area contributed by atoms with E-state index in [9.17, 15) is 19.5 Å². The zero-order valence-electron chi connectivity index (χ0n) is 13.1. The van der Waals surface area contributed by atoms with E-state index in [4.69, 9.17) is 4.74 Å². The van der Waals surface area contributed by atoms with E-state index in [2.05, 4.69) is 5.32 Å². The number of aromatic hydroxyl groups is 1. The fraction of sp³-hybridized carbons (Fsp3) is 0.167. The summed E-state index contributed by atoms with van der Waals surface area (Å²) in [5.41, 5.74) is 1.52. The normalized spacial score (nSPS) is 10.0. The summed E-state index contributed by atoms with van der Waals surface area (Å²) in [6.07, 6.45) is 0.0619. The fourth-order valence-electron chi connectivity index (χ4n) is 1.97. The van der Waals surface area contributed by atoms with Gasteiger partial charge in [-0.3, -0.25) is 14.9 Å². The molecule has 2 aromatic rings. The smallest absolute Gasteiger partial charge is 0.338 e. The summed E-state index contributed by atoms with van der Waals surface area (Å²) in [5.74, 6) is -1.97. The SMILES string of the molecule is Cc1ccc(C(=O)OCC(=O)NC(=O)Cc2ccccc2)cc1O. The topological polar surface area (TPSA) is 92.7 Å². The van der Waals surface area contributed by atoms with E-state index in [1.807, 2.05) is 6.07 Å². The maximum atomic E-state index is 11.8. The van der Waals surface area contributed by atoms with Crippen LogP contribution in [0, 0.1) is 6.92 Å². The van der Waals surface area contributed by atoms with Crippen LogP contribution in [0.3, 0.4) is 0 Å². The zero-order valence-corrected chi connectivity index (χ0v) is 13.1. The molecule has 0 unspecified atom stereocenters. The molecule has 0 heterocycles. The Morgan fingerprint density at radius 1 is 1.04 bits per heavy atom. The van der Waals surface area contributed by atoms with Crippen molar-refractivity contribution in [2.24, 2.45) is 0 Å². The van der Waals surface area contributed by atoms with Gasteiger partial charge in [0.25, 0.3) is 5.91 Å². The number of benzene rings is 2. The van der Waals surface area contributed by atoms with E-state index >= 15 is 0 Å². The number of aryl methyl sites for hydroxylation is 1. The van der Waals surface area contributed by atoms with Crippen molar-refractivity contribution in [2.75, 3.05) is 6.61 Å². The number of hydrogen-bond acceptors (Lipinski definition) is 5. The van der Waals surface area contributed by atoms with E-state index in [1.165, 1.54) is 12.1 Å². The molecular formula is C18H17NO5. The van der Waals surface area contributed by atoms with Crippen molar-refractivity contribution < 1.29 is 24.2 Å². The van der Waals surface area contributed by atoms with Crippen LogP contribution in [0.5, 0.6) is 5.75 Å². The highest BCUT2D eigenvalue weighted by Gasteiger charge is 2.13. The van der Waals surface area contributed by atoms with Gasteiger partial charge in [-0.25, -0.2) is 4.79 Å². The Hall–Kier alpha value is -3.15. The van der Waals surface area contributed by atoms with E-state index in [0.29, 0.717) is 5.56 Å². The number of phenolic OH excluding ortho intramolecular Hbond substituents is 1. The average Bonchev–Trinajstić information content (AvgIpc) is 2.56. The Morgan fingerprint density at radius 2 is 1.75 bits per heavy atom. The third-order valence-corrected chi connectivity index (χ3v) is 3.27. The van der Waals surface area contributed by atoms with Crippen LogP contribution in [-0.2, 0) is 20.7 Å². The minimum atomic E-state index is -0.754. The van der Waals surface area contributed by atoms with Gasteiger partial charge in [-0.2, -0.15) is 0 Å². The van der Waals surface area contributed by atoms with Crippen LogP contribution in [0.15, 0.2) is 48.5 Å². The Morgan fingerprint density at radius 3 is 2.42 bits per heavy atom. The lowest BCUT2D eigenvalue weighted by Gasteiger charge is -2.07. The minimum Gasteiger partial charge on any atom is -0.508 e. The maximum absolute atomic E-state index is 11.8. The molecule has 2 amide bonds. The van der Waals surface area contributed by atoms with Crippen LogP contribution in [0.4, 0.5) is 0 Å². The van der Waals surface area contributed by atoms with Gasteiger partial charge in [-0.15, -0.1) is 0 Å². The first-order chi connectivity index (χ1) is 11.5. The molecule has 24 heavy (non-hydrogen) atoms. The number of carbonyl (C=O) groups is 3. The highest BCUT2D eigenvalue weighted by Crippen LogP contribution is 2.17. The fourth-order valence-corrected chi connectivity index (χ4v) is 1.97. The molecule has 124 valence electrons. The molecule has 0 spiro atoms. The Labute approximate surface area is 139 Å². The van der Waals surface area contributed by atoms with Gasteiger partial charge >= 0.3 is 5.97 Å². The van der Waals surface area contributed by atoms with Crippen molar-refractivity contribution in [3.8, 4) is 5.75 Å². The predicted octanol–water partition coefficient (Wildman–Crippen LogP) is 1.74. The molecule has 0 atom stereocenters. The standard InChI is InChI=1S/C18H17NO5/c1-12-7-8-14(10-15(12)20)18(23)24-11-17(22)19-16(21)9-13-5-3-2-4-6-13/h2-8,10,20H,9,11H2,1H3,(H,19,21,22). The van der Waals surface area contributed by atoms with Gasteiger partial charge in [0.2, 0.25) is 5.91 Å². The van der Waals surface area contributed by atoms with Gasteiger partial charge in [-0.05, 0) is 30.2 Å². The second-order valence-electron chi connectivity index (χ2n) is 5.21. The van der Waals surface area contributed by atoms with Crippen molar-refractivity contribution >= 4 is 17.8 Å². The van der Waals surface area contributed by atoms with Gasteiger partial charge in [0.05, 0.1) is 12.0 Å². The molecule has 2 aromatic carbocycles. The molecule has 2 N–H and O–H groups in total. The molecule has 0 fully saturated rings. The van der Waals surface area contributed by atoms with Crippen LogP contribution < -0.4 is 5.32 Å². The van der Waals surface area contributed by atoms with Crippen molar-refractivity contribution in [2.45, 2.75) is 13.3 Å². The number of ether oxygens (including phenoxy) is 1. The van der Waals surface area contributed by atoms with E-state index in [0.717, 1.165) is 5.56 Å². The van der Waals surface area contributed by atoms with Gasteiger partial charge in [0.15, 0.2) is 6.61 Å². The molecule has 6 nitrogen and oxygen atoms in total. The predicted molar refractivity (Wildman–Crippen MR) is 86.4 cm³/mol. The maximum Gasteiger partial charge on any atom is 0.338 e. The number of rotatable bonds is 5. The first kappa shape index (κ1) is 17.2. The summed E-state index contributed by atoms with van der Waals surface area (Å²) in [5, 5.41) is 11.7. The monoisotopic (exact) mass is 327 g/mol. The second-order valence-corrected chi connectivity index (χ2v) is 5.21. The quantitative estimate of drug-likeness (QED) is 0.816. The number of imide groups is 1. The van der Waals surface area contributed by atoms with Crippen LogP contribution in [0.25, 0.3) is 0 Å². The van der Waals surface area contributed by atoms with Gasteiger partial charge in [0, 0.05) is 0 Å². The summed E-state index contributed by atoms with van der Waals surface area (Å²) in [6, 6.07) is 13.3. The highest BCUT2D eigenvalue weighted by molar-refractivity contribution is 5.98.